The monoisotopic (exact) mass is 577 g/mol. The number of nitrogens with zero attached hydrogens (tertiary/aromatic N) is 1. The summed E-state index contributed by atoms with van der Waals surface area (Å²) in [6.07, 6.45) is 0. The number of thiophene rings is 1. The van der Waals surface area contributed by atoms with E-state index in [1.807, 2.05) is 11.3 Å². The van der Waals surface area contributed by atoms with Gasteiger partial charge in [0.1, 0.15) is 0 Å². The Bertz CT molecular complexity index is 2490. The first kappa shape index (κ1) is 25.1. The molecule has 1 heterocycles. The molecule has 44 heavy (non-hydrogen) atoms. The van der Waals surface area contributed by atoms with Gasteiger partial charge in [0.05, 0.1) is 0 Å². The first-order valence-corrected chi connectivity index (χ1v) is 15.8. The van der Waals surface area contributed by atoms with E-state index in [0.717, 1.165) is 17.1 Å². The third-order valence-electron chi connectivity index (χ3n) is 8.84. The zero-order valence-electron chi connectivity index (χ0n) is 23.9. The van der Waals surface area contributed by atoms with Crippen LogP contribution in [0.1, 0.15) is 0 Å². The number of fused-ring (bicyclic) bond motifs is 8. The standard InChI is InChI=1S/C42H27NS/c1-2-11-30(12-3-1)43(32-23-25-42-40(26-32)37-16-8-9-17-41(37)44-42)31-21-18-29(19-22-31)38-27-39-33-13-5-4-10-28(33)20-24-36(39)34-14-6-7-15-35(34)38/h1-27H. The SMILES string of the molecule is c1ccc(N(c2ccc(-c3cc4c5ccccc5ccc4c4ccccc34)cc2)c2ccc3sc4ccccc4c3c2)cc1. The summed E-state index contributed by atoms with van der Waals surface area (Å²) >= 11 is 1.86. The molecule has 0 saturated heterocycles. The fourth-order valence-corrected chi connectivity index (χ4v) is 7.85. The van der Waals surface area contributed by atoms with Gasteiger partial charge in [0.25, 0.3) is 0 Å². The number of benzene rings is 8. The summed E-state index contributed by atoms with van der Waals surface area (Å²) < 4.78 is 2.64. The molecular weight excluding hydrogens is 551 g/mol. The van der Waals surface area contributed by atoms with Crippen LogP contribution >= 0.6 is 11.3 Å². The van der Waals surface area contributed by atoms with E-state index in [2.05, 4.69) is 169 Å². The molecule has 0 radical (unpaired) electrons. The maximum atomic E-state index is 2.39. The minimum atomic E-state index is 1.13. The summed E-state index contributed by atoms with van der Waals surface area (Å²) in [6.45, 7) is 0. The number of anilines is 3. The minimum absolute atomic E-state index is 1.13. The van der Waals surface area contributed by atoms with Gasteiger partial charge in [0.15, 0.2) is 0 Å². The Morgan fingerprint density at radius 1 is 0.341 bits per heavy atom. The molecule has 0 fully saturated rings. The summed E-state index contributed by atoms with van der Waals surface area (Å²) in [6, 6.07) is 59.7. The van der Waals surface area contributed by atoms with Crippen LogP contribution in [0, 0.1) is 0 Å². The molecule has 0 unspecified atom stereocenters. The number of rotatable bonds is 4. The van der Waals surface area contributed by atoms with E-state index in [4.69, 9.17) is 0 Å². The highest BCUT2D eigenvalue weighted by Gasteiger charge is 2.16. The second-order valence-corrected chi connectivity index (χ2v) is 12.4. The molecule has 0 aliphatic heterocycles. The number of hydrogen-bond donors (Lipinski definition) is 0. The van der Waals surface area contributed by atoms with Crippen LogP contribution in [0.15, 0.2) is 164 Å². The Labute approximate surface area is 259 Å². The van der Waals surface area contributed by atoms with Gasteiger partial charge in [-0.25, -0.2) is 0 Å². The molecule has 8 aromatic carbocycles. The Morgan fingerprint density at radius 3 is 1.80 bits per heavy atom. The van der Waals surface area contributed by atoms with E-state index in [1.165, 1.54) is 63.6 Å². The first-order valence-electron chi connectivity index (χ1n) is 15.0. The molecule has 0 N–H and O–H groups in total. The van der Waals surface area contributed by atoms with Gasteiger partial charge in [0, 0.05) is 37.2 Å². The minimum Gasteiger partial charge on any atom is -0.310 e. The van der Waals surface area contributed by atoms with Crippen molar-refractivity contribution < 1.29 is 0 Å². The van der Waals surface area contributed by atoms with Gasteiger partial charge in [-0.2, -0.15) is 0 Å². The maximum absolute atomic E-state index is 2.39. The molecule has 9 aromatic rings. The summed E-state index contributed by atoms with van der Waals surface area (Å²) in [7, 11) is 0. The number of hydrogen-bond acceptors (Lipinski definition) is 2. The second-order valence-electron chi connectivity index (χ2n) is 11.3. The van der Waals surface area contributed by atoms with Crippen LogP contribution in [-0.2, 0) is 0 Å². The van der Waals surface area contributed by atoms with Crippen molar-refractivity contribution in [1.82, 2.24) is 0 Å². The molecule has 0 atom stereocenters. The van der Waals surface area contributed by atoms with E-state index < -0.39 is 0 Å². The highest BCUT2D eigenvalue weighted by Crippen LogP contribution is 2.42. The van der Waals surface area contributed by atoms with Crippen molar-refractivity contribution in [3.63, 3.8) is 0 Å². The molecule has 0 saturated carbocycles. The largest absolute Gasteiger partial charge is 0.310 e. The average molecular weight is 578 g/mol. The molecule has 2 heteroatoms. The summed E-state index contributed by atoms with van der Waals surface area (Å²) in [4.78, 5) is 2.36. The van der Waals surface area contributed by atoms with Gasteiger partial charge in [-0.3, -0.25) is 0 Å². The van der Waals surface area contributed by atoms with Crippen molar-refractivity contribution in [2.45, 2.75) is 0 Å². The maximum Gasteiger partial charge on any atom is 0.0468 e. The molecule has 9 rings (SSSR count). The van der Waals surface area contributed by atoms with Crippen molar-refractivity contribution in [2.75, 3.05) is 4.90 Å². The van der Waals surface area contributed by atoms with Crippen LogP contribution in [0.25, 0.3) is 63.6 Å². The molecule has 1 nitrogen and oxygen atoms in total. The third-order valence-corrected chi connectivity index (χ3v) is 9.99. The van der Waals surface area contributed by atoms with Crippen molar-refractivity contribution in [3.05, 3.63) is 164 Å². The van der Waals surface area contributed by atoms with Gasteiger partial charge < -0.3 is 4.90 Å². The van der Waals surface area contributed by atoms with Crippen LogP contribution < -0.4 is 4.90 Å². The Kier molecular flexibility index (Phi) is 5.75. The molecular formula is C42H27NS. The lowest BCUT2D eigenvalue weighted by Crippen LogP contribution is -2.09. The lowest BCUT2D eigenvalue weighted by Gasteiger charge is -2.26. The molecule has 0 amide bonds. The topological polar surface area (TPSA) is 3.24 Å². The Balaban J connectivity index is 1.21. The quantitative estimate of drug-likeness (QED) is 0.188. The number of para-hydroxylation sites is 1. The fraction of sp³-hybridized carbons (Fsp3) is 0. The fourth-order valence-electron chi connectivity index (χ4n) is 6.77. The van der Waals surface area contributed by atoms with Gasteiger partial charge in [-0.05, 0) is 98.0 Å². The van der Waals surface area contributed by atoms with Crippen molar-refractivity contribution in [1.29, 1.82) is 0 Å². The van der Waals surface area contributed by atoms with Crippen LogP contribution in [0.3, 0.4) is 0 Å². The second kappa shape index (κ2) is 10.1. The van der Waals surface area contributed by atoms with E-state index in [9.17, 15) is 0 Å². The van der Waals surface area contributed by atoms with Crippen molar-refractivity contribution >= 4 is 80.9 Å². The Hall–Kier alpha value is -5.44. The highest BCUT2D eigenvalue weighted by atomic mass is 32.1. The first-order chi connectivity index (χ1) is 21.8. The smallest absolute Gasteiger partial charge is 0.0468 e. The van der Waals surface area contributed by atoms with Gasteiger partial charge in [-0.1, -0.05) is 109 Å². The third kappa shape index (κ3) is 4.00. The van der Waals surface area contributed by atoms with E-state index in [0.29, 0.717) is 0 Å². The zero-order chi connectivity index (χ0) is 29.0. The molecule has 0 aliphatic rings. The van der Waals surface area contributed by atoms with Crippen LogP contribution in [0.5, 0.6) is 0 Å². The van der Waals surface area contributed by atoms with Crippen LogP contribution in [0.4, 0.5) is 17.1 Å². The predicted molar refractivity (Wildman–Crippen MR) is 192 cm³/mol. The molecule has 0 spiro atoms. The summed E-state index contributed by atoms with van der Waals surface area (Å²) in [5.41, 5.74) is 5.90. The van der Waals surface area contributed by atoms with Gasteiger partial charge in [0.2, 0.25) is 0 Å². The van der Waals surface area contributed by atoms with Crippen molar-refractivity contribution in [3.8, 4) is 11.1 Å². The lowest BCUT2D eigenvalue weighted by atomic mass is 9.91. The average Bonchev–Trinajstić information content (AvgIpc) is 3.47. The van der Waals surface area contributed by atoms with Gasteiger partial charge >= 0.3 is 0 Å². The highest BCUT2D eigenvalue weighted by molar-refractivity contribution is 7.25. The van der Waals surface area contributed by atoms with Crippen LogP contribution in [-0.4, -0.2) is 0 Å². The molecule has 206 valence electrons. The normalized spacial score (nSPS) is 11.6. The van der Waals surface area contributed by atoms with Crippen LogP contribution in [0.2, 0.25) is 0 Å². The molecule has 0 aliphatic carbocycles. The summed E-state index contributed by atoms with van der Waals surface area (Å²) in [5, 5.41) is 10.3. The summed E-state index contributed by atoms with van der Waals surface area (Å²) in [5.74, 6) is 0. The van der Waals surface area contributed by atoms with E-state index >= 15 is 0 Å². The Morgan fingerprint density at radius 2 is 0.955 bits per heavy atom. The zero-order valence-corrected chi connectivity index (χ0v) is 24.8. The van der Waals surface area contributed by atoms with E-state index in [1.54, 1.807) is 0 Å². The lowest BCUT2D eigenvalue weighted by molar-refractivity contribution is 1.29. The van der Waals surface area contributed by atoms with Crippen molar-refractivity contribution in [2.24, 2.45) is 0 Å². The van der Waals surface area contributed by atoms with Gasteiger partial charge in [-0.15, -0.1) is 11.3 Å². The molecule has 1 aromatic heterocycles. The van der Waals surface area contributed by atoms with E-state index in [-0.39, 0.29) is 0 Å². The predicted octanol–water partition coefficient (Wildman–Crippen LogP) is 12.7. The molecule has 0 bridgehead atoms.